The second kappa shape index (κ2) is 9.62. The summed E-state index contributed by atoms with van der Waals surface area (Å²) in [6.45, 7) is 8.88. The van der Waals surface area contributed by atoms with Crippen molar-refractivity contribution in [3.8, 4) is 0 Å². The average molecular weight is 440 g/mol. The van der Waals surface area contributed by atoms with Crippen molar-refractivity contribution in [2.45, 2.75) is 33.2 Å². The number of nitrogen functional groups attached to an aromatic ring is 1. The number of aromatic nitrogens is 3. The SMILES string of the molecule is CCCCNC(=O)c1cc2c(=O)n3cccc(C)c3nc2[n+](CCN2CCOCC2)c1N. The van der Waals surface area contributed by atoms with Crippen LogP contribution < -0.4 is 21.2 Å². The topological polar surface area (TPSA) is 106 Å². The predicted molar refractivity (Wildman–Crippen MR) is 123 cm³/mol. The van der Waals surface area contributed by atoms with E-state index in [1.54, 1.807) is 12.3 Å². The van der Waals surface area contributed by atoms with Gasteiger partial charge in [0.1, 0.15) is 10.9 Å². The van der Waals surface area contributed by atoms with E-state index in [0.717, 1.165) is 38.0 Å². The molecule has 1 amide bonds. The number of aryl methyl sites for hydroxylation is 1. The lowest BCUT2D eigenvalue weighted by atomic mass is 10.1. The van der Waals surface area contributed by atoms with Crippen molar-refractivity contribution in [1.29, 1.82) is 0 Å². The summed E-state index contributed by atoms with van der Waals surface area (Å²) in [6.07, 6.45) is 3.56. The van der Waals surface area contributed by atoms with Crippen LogP contribution in [0.15, 0.2) is 29.2 Å². The number of fused-ring (bicyclic) bond motifs is 2. The summed E-state index contributed by atoms with van der Waals surface area (Å²) in [5.74, 6) is 0.0521. The maximum absolute atomic E-state index is 13.4. The minimum atomic E-state index is -0.272. The fraction of sp³-hybridized carbons (Fsp3) is 0.478. The predicted octanol–water partition coefficient (Wildman–Crippen LogP) is 0.888. The molecule has 32 heavy (non-hydrogen) atoms. The molecule has 9 heteroatoms. The number of carbonyl (C=O) groups excluding carboxylic acids is 1. The second-order valence-corrected chi connectivity index (χ2v) is 8.20. The Morgan fingerprint density at radius 2 is 2.12 bits per heavy atom. The molecule has 1 aliphatic rings. The Bertz CT molecular complexity index is 1200. The number of unbranched alkanes of at least 4 members (excludes halogenated alkanes) is 1. The van der Waals surface area contributed by atoms with Crippen molar-refractivity contribution in [3.63, 3.8) is 0 Å². The molecular formula is C23H31N6O3+. The average Bonchev–Trinajstić information content (AvgIpc) is 2.80. The Morgan fingerprint density at radius 3 is 2.88 bits per heavy atom. The van der Waals surface area contributed by atoms with Crippen molar-refractivity contribution in [2.75, 3.05) is 45.1 Å². The van der Waals surface area contributed by atoms with E-state index in [1.807, 2.05) is 23.6 Å². The number of hydrogen-bond donors (Lipinski definition) is 2. The molecule has 0 unspecified atom stereocenters. The molecule has 0 aromatic carbocycles. The van der Waals surface area contributed by atoms with E-state index in [1.165, 1.54) is 4.40 Å². The number of pyridine rings is 2. The molecule has 1 saturated heterocycles. The molecule has 0 spiro atoms. The monoisotopic (exact) mass is 439 g/mol. The molecule has 0 saturated carbocycles. The number of ether oxygens (including phenoxy) is 1. The van der Waals surface area contributed by atoms with Gasteiger partial charge in [0, 0.05) is 37.9 Å². The minimum Gasteiger partial charge on any atom is -0.379 e. The van der Waals surface area contributed by atoms with Crippen LogP contribution in [0.1, 0.15) is 35.7 Å². The van der Waals surface area contributed by atoms with Crippen molar-refractivity contribution < 1.29 is 14.1 Å². The molecule has 0 atom stereocenters. The van der Waals surface area contributed by atoms with Crippen LogP contribution in [-0.4, -0.2) is 59.6 Å². The maximum atomic E-state index is 13.4. The fourth-order valence-electron chi connectivity index (χ4n) is 4.06. The van der Waals surface area contributed by atoms with Gasteiger partial charge >= 0.3 is 0 Å². The number of amides is 1. The zero-order valence-electron chi connectivity index (χ0n) is 18.8. The number of morpholine rings is 1. The standard InChI is InChI=1S/C23H30N6O3/c1-3-4-7-25-22(30)17-15-18-21(26-20-16(2)6-5-8-29(20)23(18)31)28(19(17)24)10-9-27-11-13-32-14-12-27/h5-6,8,15,24H,3-4,7,9-14H2,1-2H3,(H,25,30)/p+1. The third-order valence-corrected chi connectivity index (χ3v) is 5.98. The molecule has 3 aromatic heterocycles. The summed E-state index contributed by atoms with van der Waals surface area (Å²) < 4.78 is 8.78. The maximum Gasteiger partial charge on any atom is 0.278 e. The quantitative estimate of drug-likeness (QED) is 0.322. The molecular weight excluding hydrogens is 408 g/mol. The van der Waals surface area contributed by atoms with Crippen LogP contribution in [0.2, 0.25) is 0 Å². The van der Waals surface area contributed by atoms with E-state index in [4.69, 9.17) is 15.5 Å². The first-order chi connectivity index (χ1) is 15.5. The number of nitrogens with one attached hydrogen (secondary N) is 1. The van der Waals surface area contributed by atoms with Gasteiger partial charge in [0.05, 0.1) is 19.8 Å². The number of nitrogens with zero attached hydrogens (tertiary/aromatic N) is 4. The normalized spacial score (nSPS) is 14.8. The molecule has 0 aliphatic carbocycles. The van der Waals surface area contributed by atoms with Crippen LogP contribution in [0.5, 0.6) is 0 Å². The summed E-state index contributed by atoms with van der Waals surface area (Å²) in [5.41, 5.74) is 8.59. The summed E-state index contributed by atoms with van der Waals surface area (Å²) >= 11 is 0. The van der Waals surface area contributed by atoms with E-state index in [-0.39, 0.29) is 11.5 Å². The van der Waals surface area contributed by atoms with Gasteiger partial charge in [0.25, 0.3) is 17.1 Å². The van der Waals surface area contributed by atoms with Gasteiger partial charge in [-0.25, -0.2) is 4.57 Å². The van der Waals surface area contributed by atoms with Crippen LogP contribution in [0, 0.1) is 6.92 Å². The summed E-state index contributed by atoms with van der Waals surface area (Å²) in [5, 5.41) is 3.29. The highest BCUT2D eigenvalue weighted by atomic mass is 16.5. The smallest absolute Gasteiger partial charge is 0.278 e. The largest absolute Gasteiger partial charge is 0.379 e. The number of anilines is 1. The van der Waals surface area contributed by atoms with Gasteiger partial charge in [-0.15, -0.1) is 0 Å². The number of hydrogen-bond acceptors (Lipinski definition) is 6. The van der Waals surface area contributed by atoms with Crippen molar-refractivity contribution >= 4 is 28.4 Å². The molecule has 3 aromatic rings. The Morgan fingerprint density at radius 1 is 1.34 bits per heavy atom. The highest BCUT2D eigenvalue weighted by Gasteiger charge is 2.25. The first-order valence-electron chi connectivity index (χ1n) is 11.2. The molecule has 1 aliphatic heterocycles. The van der Waals surface area contributed by atoms with Crippen LogP contribution in [-0.2, 0) is 11.3 Å². The second-order valence-electron chi connectivity index (χ2n) is 8.20. The van der Waals surface area contributed by atoms with E-state index < -0.39 is 0 Å². The molecule has 4 heterocycles. The van der Waals surface area contributed by atoms with E-state index in [0.29, 0.717) is 54.4 Å². The molecule has 4 rings (SSSR count). The fourth-order valence-corrected chi connectivity index (χ4v) is 4.06. The number of carbonyl (C=O) groups is 1. The van der Waals surface area contributed by atoms with Gasteiger partial charge in [0.15, 0.2) is 0 Å². The number of nitrogens with two attached hydrogens (primary N) is 1. The summed E-state index contributed by atoms with van der Waals surface area (Å²) in [7, 11) is 0. The third-order valence-electron chi connectivity index (χ3n) is 5.98. The van der Waals surface area contributed by atoms with Gasteiger partial charge in [0.2, 0.25) is 11.5 Å². The van der Waals surface area contributed by atoms with Crippen molar-refractivity contribution in [1.82, 2.24) is 19.6 Å². The highest BCUT2D eigenvalue weighted by molar-refractivity contribution is 6.00. The lowest BCUT2D eigenvalue weighted by molar-refractivity contribution is -0.658. The summed E-state index contributed by atoms with van der Waals surface area (Å²) in [4.78, 5) is 33.4. The first kappa shape index (κ1) is 22.2. The van der Waals surface area contributed by atoms with Gasteiger partial charge in [-0.05, 0) is 25.5 Å². The third kappa shape index (κ3) is 4.31. The Labute approximate surface area is 186 Å². The number of rotatable bonds is 7. The zero-order chi connectivity index (χ0) is 22.7. The van der Waals surface area contributed by atoms with Crippen molar-refractivity contribution in [2.24, 2.45) is 0 Å². The van der Waals surface area contributed by atoms with Crippen LogP contribution in [0.3, 0.4) is 0 Å². The zero-order valence-corrected chi connectivity index (χ0v) is 18.8. The van der Waals surface area contributed by atoms with Gasteiger partial charge in [-0.3, -0.25) is 18.9 Å². The van der Waals surface area contributed by atoms with E-state index in [9.17, 15) is 9.59 Å². The highest BCUT2D eigenvalue weighted by Crippen LogP contribution is 2.16. The lowest BCUT2D eigenvalue weighted by Gasteiger charge is -2.26. The molecule has 0 bridgehead atoms. The molecule has 3 N–H and O–H groups in total. The van der Waals surface area contributed by atoms with Crippen molar-refractivity contribution in [3.05, 3.63) is 45.9 Å². The Hall–Kier alpha value is -3.04. The Kier molecular flexibility index (Phi) is 6.66. The van der Waals surface area contributed by atoms with Crippen LogP contribution >= 0.6 is 0 Å². The molecule has 170 valence electrons. The van der Waals surface area contributed by atoms with E-state index >= 15 is 0 Å². The van der Waals surface area contributed by atoms with Crippen LogP contribution in [0.4, 0.5) is 5.82 Å². The molecule has 0 radical (unpaired) electrons. The van der Waals surface area contributed by atoms with Gasteiger partial charge < -0.3 is 15.8 Å². The Balaban J connectivity index is 1.84. The lowest BCUT2D eigenvalue weighted by Crippen LogP contribution is -2.48. The summed E-state index contributed by atoms with van der Waals surface area (Å²) in [6, 6.07) is 5.32. The van der Waals surface area contributed by atoms with Gasteiger partial charge in [-0.1, -0.05) is 24.4 Å². The van der Waals surface area contributed by atoms with E-state index in [2.05, 4.69) is 17.1 Å². The minimum absolute atomic E-state index is 0.212. The molecule has 1 fully saturated rings. The molecule has 9 nitrogen and oxygen atoms in total. The van der Waals surface area contributed by atoms with Gasteiger partial charge in [-0.2, -0.15) is 0 Å². The first-order valence-corrected chi connectivity index (χ1v) is 11.2. The van der Waals surface area contributed by atoms with Crippen LogP contribution in [0.25, 0.3) is 16.7 Å².